The first-order valence-corrected chi connectivity index (χ1v) is 7.07. The first-order valence-electron chi connectivity index (χ1n) is 6.28. The maximum atomic E-state index is 9.07. The highest BCUT2D eigenvalue weighted by Crippen LogP contribution is 2.24. The Hall–Kier alpha value is -1.83. The predicted molar refractivity (Wildman–Crippen MR) is 82.4 cm³/mol. The SMILES string of the molecule is CNCc1cc(Br)ccc1OCc1ccccc1C#N. The summed E-state index contributed by atoms with van der Waals surface area (Å²) in [6, 6.07) is 15.6. The van der Waals surface area contributed by atoms with Gasteiger partial charge >= 0.3 is 0 Å². The van der Waals surface area contributed by atoms with Crippen molar-refractivity contribution < 1.29 is 4.74 Å². The molecule has 0 saturated carbocycles. The van der Waals surface area contributed by atoms with Crippen LogP contribution in [0.25, 0.3) is 0 Å². The van der Waals surface area contributed by atoms with Gasteiger partial charge in [-0.15, -0.1) is 0 Å². The van der Waals surface area contributed by atoms with Gasteiger partial charge in [0.1, 0.15) is 12.4 Å². The Morgan fingerprint density at radius 1 is 1.20 bits per heavy atom. The molecule has 0 amide bonds. The molecule has 3 nitrogen and oxygen atoms in total. The van der Waals surface area contributed by atoms with Crippen molar-refractivity contribution in [2.24, 2.45) is 0 Å². The minimum absolute atomic E-state index is 0.391. The second-order valence-corrected chi connectivity index (χ2v) is 5.26. The van der Waals surface area contributed by atoms with Gasteiger partial charge in [-0.1, -0.05) is 34.1 Å². The molecule has 0 unspecified atom stereocenters. The number of nitriles is 1. The van der Waals surface area contributed by atoms with Gasteiger partial charge in [0.05, 0.1) is 11.6 Å². The summed E-state index contributed by atoms with van der Waals surface area (Å²) >= 11 is 3.46. The van der Waals surface area contributed by atoms with Crippen LogP contribution in [0.3, 0.4) is 0 Å². The Balaban J connectivity index is 2.17. The van der Waals surface area contributed by atoms with Gasteiger partial charge in [0.25, 0.3) is 0 Å². The lowest BCUT2D eigenvalue weighted by atomic mass is 10.1. The van der Waals surface area contributed by atoms with E-state index in [-0.39, 0.29) is 0 Å². The van der Waals surface area contributed by atoms with Crippen molar-refractivity contribution in [2.45, 2.75) is 13.2 Å². The maximum absolute atomic E-state index is 9.07. The number of halogens is 1. The van der Waals surface area contributed by atoms with Gasteiger partial charge in [-0.05, 0) is 31.3 Å². The molecule has 4 heteroatoms. The Bertz CT molecular complexity index is 635. The molecule has 2 aromatic carbocycles. The summed E-state index contributed by atoms with van der Waals surface area (Å²) in [5.74, 6) is 0.829. The molecular weight excluding hydrogens is 316 g/mol. The van der Waals surface area contributed by atoms with Crippen LogP contribution < -0.4 is 10.1 Å². The summed E-state index contributed by atoms with van der Waals surface area (Å²) in [4.78, 5) is 0. The molecule has 102 valence electrons. The van der Waals surface area contributed by atoms with E-state index in [0.717, 1.165) is 27.9 Å². The van der Waals surface area contributed by atoms with Crippen LogP contribution in [0.2, 0.25) is 0 Å². The maximum Gasteiger partial charge on any atom is 0.124 e. The zero-order chi connectivity index (χ0) is 14.4. The largest absolute Gasteiger partial charge is 0.489 e. The Morgan fingerprint density at radius 3 is 2.75 bits per heavy atom. The molecular formula is C16H15BrN2O. The quantitative estimate of drug-likeness (QED) is 0.910. The molecule has 0 bridgehead atoms. The van der Waals surface area contributed by atoms with Crippen molar-refractivity contribution in [3.05, 3.63) is 63.6 Å². The van der Waals surface area contributed by atoms with Crippen LogP contribution in [-0.4, -0.2) is 7.05 Å². The summed E-state index contributed by atoms with van der Waals surface area (Å²) < 4.78 is 6.88. The second-order valence-electron chi connectivity index (χ2n) is 4.34. The summed E-state index contributed by atoms with van der Waals surface area (Å²) in [6.07, 6.45) is 0. The van der Waals surface area contributed by atoms with E-state index >= 15 is 0 Å². The number of hydrogen-bond donors (Lipinski definition) is 1. The lowest BCUT2D eigenvalue weighted by Gasteiger charge is -2.12. The summed E-state index contributed by atoms with van der Waals surface area (Å²) in [7, 11) is 1.90. The van der Waals surface area contributed by atoms with Crippen LogP contribution >= 0.6 is 15.9 Å². The number of benzene rings is 2. The fourth-order valence-corrected chi connectivity index (χ4v) is 2.34. The van der Waals surface area contributed by atoms with Crippen LogP contribution in [0.15, 0.2) is 46.9 Å². The first kappa shape index (κ1) is 14.6. The van der Waals surface area contributed by atoms with Crippen molar-refractivity contribution in [3.63, 3.8) is 0 Å². The van der Waals surface area contributed by atoms with Gasteiger partial charge in [0, 0.05) is 22.1 Å². The zero-order valence-electron chi connectivity index (χ0n) is 11.2. The van der Waals surface area contributed by atoms with E-state index in [1.807, 2.05) is 43.4 Å². The lowest BCUT2D eigenvalue weighted by molar-refractivity contribution is 0.302. The molecule has 0 spiro atoms. The van der Waals surface area contributed by atoms with Gasteiger partial charge in [0.2, 0.25) is 0 Å². The smallest absolute Gasteiger partial charge is 0.124 e. The topological polar surface area (TPSA) is 45.0 Å². The van der Waals surface area contributed by atoms with E-state index in [0.29, 0.717) is 12.2 Å². The highest BCUT2D eigenvalue weighted by atomic mass is 79.9. The number of nitrogens with one attached hydrogen (secondary N) is 1. The van der Waals surface area contributed by atoms with Gasteiger partial charge in [-0.3, -0.25) is 0 Å². The minimum Gasteiger partial charge on any atom is -0.489 e. The fraction of sp³-hybridized carbons (Fsp3) is 0.188. The van der Waals surface area contributed by atoms with E-state index in [1.54, 1.807) is 6.07 Å². The van der Waals surface area contributed by atoms with Gasteiger partial charge in [-0.25, -0.2) is 0 Å². The average molecular weight is 331 g/mol. The molecule has 0 aliphatic rings. The fourth-order valence-electron chi connectivity index (χ4n) is 1.93. The third-order valence-electron chi connectivity index (χ3n) is 2.91. The van der Waals surface area contributed by atoms with Gasteiger partial charge in [0.15, 0.2) is 0 Å². The van der Waals surface area contributed by atoms with E-state index in [2.05, 4.69) is 27.3 Å². The van der Waals surface area contributed by atoms with Crippen molar-refractivity contribution in [3.8, 4) is 11.8 Å². The first-order chi connectivity index (χ1) is 9.74. The number of nitrogens with zero attached hydrogens (tertiary/aromatic N) is 1. The van der Waals surface area contributed by atoms with Crippen LogP contribution in [0.1, 0.15) is 16.7 Å². The number of rotatable bonds is 5. The molecule has 0 atom stereocenters. The standard InChI is InChI=1S/C16H15BrN2O/c1-19-10-14-8-15(17)6-7-16(14)20-11-13-5-3-2-4-12(13)9-18/h2-8,19H,10-11H2,1H3. The van der Waals surface area contributed by atoms with E-state index in [9.17, 15) is 0 Å². The lowest BCUT2D eigenvalue weighted by Crippen LogP contribution is -2.08. The number of hydrogen-bond acceptors (Lipinski definition) is 3. The molecule has 2 aromatic rings. The molecule has 0 saturated heterocycles. The van der Waals surface area contributed by atoms with Crippen molar-refractivity contribution in [1.82, 2.24) is 5.32 Å². The van der Waals surface area contributed by atoms with E-state index < -0.39 is 0 Å². The van der Waals surface area contributed by atoms with E-state index in [4.69, 9.17) is 10.00 Å². The Labute approximate surface area is 127 Å². The molecule has 2 rings (SSSR count). The monoisotopic (exact) mass is 330 g/mol. The number of ether oxygens (including phenoxy) is 1. The molecule has 0 aliphatic heterocycles. The van der Waals surface area contributed by atoms with Crippen molar-refractivity contribution in [2.75, 3.05) is 7.05 Å². The highest BCUT2D eigenvalue weighted by molar-refractivity contribution is 9.10. The molecule has 0 radical (unpaired) electrons. The Morgan fingerprint density at radius 2 is 2.00 bits per heavy atom. The van der Waals surface area contributed by atoms with Crippen LogP contribution in [0.5, 0.6) is 5.75 Å². The minimum atomic E-state index is 0.391. The highest BCUT2D eigenvalue weighted by Gasteiger charge is 2.06. The average Bonchev–Trinajstić information content (AvgIpc) is 2.47. The Kier molecular flexibility index (Phi) is 5.16. The molecule has 1 N–H and O–H groups in total. The van der Waals surface area contributed by atoms with E-state index in [1.165, 1.54) is 0 Å². The molecule has 0 aliphatic carbocycles. The van der Waals surface area contributed by atoms with Crippen LogP contribution in [0.4, 0.5) is 0 Å². The van der Waals surface area contributed by atoms with Crippen LogP contribution in [0, 0.1) is 11.3 Å². The molecule has 20 heavy (non-hydrogen) atoms. The normalized spacial score (nSPS) is 10.1. The second kappa shape index (κ2) is 7.09. The summed E-state index contributed by atoms with van der Waals surface area (Å²) in [5.41, 5.74) is 2.63. The molecule has 0 heterocycles. The summed E-state index contributed by atoms with van der Waals surface area (Å²) in [6.45, 7) is 1.12. The van der Waals surface area contributed by atoms with Crippen LogP contribution in [-0.2, 0) is 13.2 Å². The van der Waals surface area contributed by atoms with Crippen molar-refractivity contribution >= 4 is 15.9 Å². The molecule has 0 fully saturated rings. The summed E-state index contributed by atoms with van der Waals surface area (Å²) in [5, 5.41) is 12.2. The van der Waals surface area contributed by atoms with Gasteiger partial charge in [-0.2, -0.15) is 5.26 Å². The third kappa shape index (κ3) is 3.60. The zero-order valence-corrected chi connectivity index (χ0v) is 12.8. The molecule has 0 aromatic heterocycles. The van der Waals surface area contributed by atoms with Crippen molar-refractivity contribution in [1.29, 1.82) is 5.26 Å². The third-order valence-corrected chi connectivity index (χ3v) is 3.40. The predicted octanol–water partition coefficient (Wildman–Crippen LogP) is 3.62. The van der Waals surface area contributed by atoms with Gasteiger partial charge < -0.3 is 10.1 Å².